The quantitative estimate of drug-likeness (QED) is 0.373. The fourth-order valence-electron chi connectivity index (χ4n) is 2.55. The summed E-state index contributed by atoms with van der Waals surface area (Å²) in [5, 5.41) is 15.9. The number of rotatable bonds is 7. The van der Waals surface area contributed by atoms with Gasteiger partial charge < -0.3 is 5.32 Å². The predicted octanol–water partition coefficient (Wildman–Crippen LogP) is 2.58. The average Bonchev–Trinajstić information content (AvgIpc) is 2.93. The molecule has 0 fully saturated rings. The molecule has 8 nitrogen and oxygen atoms in total. The standard InChI is InChI=1S/C18H21IN6O2S/c1-12-13(2)24-25(14(12)3)18-9-8-17(22-23-18)20-10-11-21-28(26,27)16-6-4-15(19)5-7-16/h4-9,21H,10-11H2,1-3H3,(H,20,22). The number of halogens is 1. The molecule has 1 aromatic carbocycles. The summed E-state index contributed by atoms with van der Waals surface area (Å²) < 4.78 is 29.8. The Kier molecular flexibility index (Phi) is 6.30. The Hall–Kier alpha value is -2.05. The lowest BCUT2D eigenvalue weighted by Gasteiger charge is -2.09. The van der Waals surface area contributed by atoms with E-state index in [2.05, 4.69) is 47.9 Å². The molecule has 0 radical (unpaired) electrons. The van der Waals surface area contributed by atoms with E-state index in [1.165, 1.54) is 0 Å². The molecule has 2 aromatic heterocycles. The van der Waals surface area contributed by atoms with Crippen molar-refractivity contribution in [3.8, 4) is 5.82 Å². The molecule has 0 aliphatic heterocycles. The number of hydrogen-bond acceptors (Lipinski definition) is 6. The Morgan fingerprint density at radius 1 is 1.00 bits per heavy atom. The molecule has 0 bridgehead atoms. The Balaban J connectivity index is 1.55. The summed E-state index contributed by atoms with van der Waals surface area (Å²) in [6, 6.07) is 10.3. The molecule has 3 aromatic rings. The van der Waals surface area contributed by atoms with Gasteiger partial charge in [-0.25, -0.2) is 17.8 Å². The fourth-order valence-corrected chi connectivity index (χ4v) is 3.94. The molecule has 0 saturated heterocycles. The summed E-state index contributed by atoms with van der Waals surface area (Å²) in [6.07, 6.45) is 0. The topological polar surface area (TPSA) is 102 Å². The highest BCUT2D eigenvalue weighted by atomic mass is 127. The normalized spacial score (nSPS) is 11.6. The first-order chi connectivity index (χ1) is 13.3. The fraction of sp³-hybridized carbons (Fsp3) is 0.278. The van der Waals surface area contributed by atoms with Gasteiger partial charge in [0, 0.05) is 22.4 Å². The SMILES string of the molecule is Cc1nn(-c2ccc(NCCNS(=O)(=O)c3ccc(I)cc3)nn2)c(C)c1C. The molecule has 0 saturated carbocycles. The van der Waals surface area contributed by atoms with Crippen LogP contribution in [-0.2, 0) is 10.0 Å². The van der Waals surface area contributed by atoms with Crippen molar-refractivity contribution < 1.29 is 8.42 Å². The largest absolute Gasteiger partial charge is 0.367 e. The van der Waals surface area contributed by atoms with Crippen molar-refractivity contribution >= 4 is 38.4 Å². The summed E-state index contributed by atoms with van der Waals surface area (Å²) in [7, 11) is -3.52. The summed E-state index contributed by atoms with van der Waals surface area (Å²) in [5.74, 6) is 1.20. The maximum absolute atomic E-state index is 12.2. The highest BCUT2D eigenvalue weighted by Crippen LogP contribution is 2.15. The molecule has 3 rings (SSSR count). The lowest BCUT2D eigenvalue weighted by molar-refractivity contribution is 0.583. The Labute approximate surface area is 178 Å². The second-order valence-electron chi connectivity index (χ2n) is 6.26. The number of aromatic nitrogens is 4. The van der Waals surface area contributed by atoms with Crippen molar-refractivity contribution in [1.29, 1.82) is 0 Å². The summed E-state index contributed by atoms with van der Waals surface area (Å²) in [6.45, 7) is 6.59. The van der Waals surface area contributed by atoms with Crippen molar-refractivity contribution in [3.63, 3.8) is 0 Å². The zero-order valence-electron chi connectivity index (χ0n) is 15.8. The van der Waals surface area contributed by atoms with Crippen LogP contribution in [0.4, 0.5) is 5.82 Å². The third-order valence-corrected chi connectivity index (χ3v) is 6.56. The maximum Gasteiger partial charge on any atom is 0.240 e. The number of nitrogens with zero attached hydrogens (tertiary/aromatic N) is 4. The van der Waals surface area contributed by atoms with Gasteiger partial charge in [-0.3, -0.25) is 0 Å². The van der Waals surface area contributed by atoms with Gasteiger partial charge in [0.05, 0.1) is 10.6 Å². The van der Waals surface area contributed by atoms with E-state index in [-0.39, 0.29) is 11.4 Å². The lowest BCUT2D eigenvalue weighted by Crippen LogP contribution is -2.29. The number of sulfonamides is 1. The van der Waals surface area contributed by atoms with Crippen LogP contribution < -0.4 is 10.0 Å². The van der Waals surface area contributed by atoms with Crippen molar-refractivity contribution in [2.45, 2.75) is 25.7 Å². The van der Waals surface area contributed by atoms with Crippen LogP contribution in [0.15, 0.2) is 41.3 Å². The van der Waals surface area contributed by atoms with Crippen molar-refractivity contribution in [1.82, 2.24) is 24.7 Å². The molecule has 0 aliphatic rings. The molecule has 0 spiro atoms. The van der Waals surface area contributed by atoms with Gasteiger partial charge in [-0.15, -0.1) is 10.2 Å². The molecule has 28 heavy (non-hydrogen) atoms. The van der Waals surface area contributed by atoms with Crippen LogP contribution in [0.2, 0.25) is 0 Å². The monoisotopic (exact) mass is 512 g/mol. The molecule has 2 N–H and O–H groups in total. The smallest absolute Gasteiger partial charge is 0.240 e. The van der Waals surface area contributed by atoms with Crippen LogP contribution >= 0.6 is 22.6 Å². The van der Waals surface area contributed by atoms with E-state index in [4.69, 9.17) is 0 Å². The van der Waals surface area contributed by atoms with Gasteiger partial charge in [0.1, 0.15) is 5.82 Å². The molecule has 0 amide bonds. The first-order valence-corrected chi connectivity index (χ1v) is 11.2. The van der Waals surface area contributed by atoms with Crippen molar-refractivity contribution in [2.75, 3.05) is 18.4 Å². The first kappa shape index (κ1) is 20.7. The van der Waals surface area contributed by atoms with Gasteiger partial charge in [0.15, 0.2) is 5.82 Å². The average molecular weight is 512 g/mol. The van der Waals surface area contributed by atoms with E-state index in [0.29, 0.717) is 18.2 Å². The predicted molar refractivity (Wildman–Crippen MR) is 116 cm³/mol. The molecular weight excluding hydrogens is 491 g/mol. The summed E-state index contributed by atoms with van der Waals surface area (Å²) in [4.78, 5) is 0.247. The van der Waals surface area contributed by atoms with E-state index >= 15 is 0 Å². The van der Waals surface area contributed by atoms with Gasteiger partial charge in [0.2, 0.25) is 10.0 Å². The Bertz CT molecular complexity index is 1060. The summed E-state index contributed by atoms with van der Waals surface area (Å²) >= 11 is 2.13. The highest BCUT2D eigenvalue weighted by Gasteiger charge is 2.13. The van der Waals surface area contributed by atoms with Crippen LogP contribution in [0.5, 0.6) is 0 Å². The molecule has 10 heteroatoms. The number of aryl methyl sites for hydroxylation is 1. The minimum absolute atomic E-state index is 0.231. The molecule has 0 unspecified atom stereocenters. The maximum atomic E-state index is 12.2. The third-order valence-electron chi connectivity index (χ3n) is 4.37. The van der Waals surface area contributed by atoms with Gasteiger partial charge in [-0.05, 0) is 85.3 Å². The van der Waals surface area contributed by atoms with Crippen LogP contribution in [0.3, 0.4) is 0 Å². The van der Waals surface area contributed by atoms with Gasteiger partial charge in [-0.2, -0.15) is 5.10 Å². The highest BCUT2D eigenvalue weighted by molar-refractivity contribution is 14.1. The number of hydrogen-bond donors (Lipinski definition) is 2. The van der Waals surface area contributed by atoms with Crippen molar-refractivity contribution in [2.24, 2.45) is 0 Å². The molecule has 2 heterocycles. The van der Waals surface area contributed by atoms with Gasteiger partial charge >= 0.3 is 0 Å². The van der Waals surface area contributed by atoms with E-state index in [1.807, 2.05) is 26.8 Å². The van der Waals surface area contributed by atoms with E-state index in [1.54, 1.807) is 35.0 Å². The molecule has 148 valence electrons. The first-order valence-electron chi connectivity index (χ1n) is 8.64. The molecule has 0 atom stereocenters. The lowest BCUT2D eigenvalue weighted by atomic mass is 10.2. The molecular formula is C18H21IN6O2S. The zero-order valence-corrected chi connectivity index (χ0v) is 18.7. The van der Waals surface area contributed by atoms with Crippen LogP contribution in [-0.4, -0.2) is 41.5 Å². The van der Waals surface area contributed by atoms with Crippen molar-refractivity contribution in [3.05, 3.63) is 56.9 Å². The second kappa shape index (κ2) is 8.53. The summed E-state index contributed by atoms with van der Waals surface area (Å²) in [5.41, 5.74) is 3.11. The third kappa shape index (κ3) is 4.67. The van der Waals surface area contributed by atoms with Gasteiger partial charge in [-0.1, -0.05) is 0 Å². The number of nitrogens with one attached hydrogen (secondary N) is 2. The van der Waals surface area contributed by atoms with E-state index in [0.717, 1.165) is 20.5 Å². The van der Waals surface area contributed by atoms with Gasteiger partial charge in [0.25, 0.3) is 0 Å². The number of benzene rings is 1. The Morgan fingerprint density at radius 3 is 2.29 bits per heavy atom. The van der Waals surface area contributed by atoms with Crippen LogP contribution in [0, 0.1) is 24.3 Å². The van der Waals surface area contributed by atoms with E-state index < -0.39 is 10.0 Å². The zero-order chi connectivity index (χ0) is 20.3. The molecule has 0 aliphatic carbocycles. The van der Waals surface area contributed by atoms with E-state index in [9.17, 15) is 8.42 Å². The van der Waals surface area contributed by atoms with Crippen LogP contribution in [0.1, 0.15) is 17.0 Å². The number of anilines is 1. The minimum atomic E-state index is -3.52. The minimum Gasteiger partial charge on any atom is -0.367 e. The second-order valence-corrected chi connectivity index (χ2v) is 9.28. The Morgan fingerprint density at radius 2 is 1.71 bits per heavy atom. The van der Waals surface area contributed by atoms with Crippen LogP contribution in [0.25, 0.3) is 5.82 Å².